The molecular formula is C15H20O3. The topological polar surface area (TPSA) is 35.5 Å². The maximum atomic E-state index is 11.6. The molecule has 2 rings (SSSR count). The molecule has 98 valence electrons. The van der Waals surface area contributed by atoms with Crippen molar-refractivity contribution in [3.05, 3.63) is 35.4 Å². The van der Waals surface area contributed by atoms with Crippen LogP contribution in [0.1, 0.15) is 31.4 Å². The van der Waals surface area contributed by atoms with Crippen LogP contribution in [0, 0.1) is 0 Å². The molecule has 0 aromatic heterocycles. The van der Waals surface area contributed by atoms with Gasteiger partial charge in [0, 0.05) is 0 Å². The highest BCUT2D eigenvalue weighted by atomic mass is 16.5. The van der Waals surface area contributed by atoms with E-state index in [1.165, 1.54) is 12.7 Å². The summed E-state index contributed by atoms with van der Waals surface area (Å²) in [5.74, 6) is 0.477. The molecule has 18 heavy (non-hydrogen) atoms. The number of fused-ring (bicyclic) bond motifs is 1. The first kappa shape index (κ1) is 14.3. The Bertz CT molecular complexity index is 447. The van der Waals surface area contributed by atoms with Crippen molar-refractivity contribution in [2.24, 2.45) is 0 Å². The molecule has 3 nitrogen and oxygen atoms in total. The van der Waals surface area contributed by atoms with Gasteiger partial charge in [0.25, 0.3) is 0 Å². The highest BCUT2D eigenvalue weighted by Crippen LogP contribution is 2.30. The smallest absolute Gasteiger partial charge is 0.338 e. The van der Waals surface area contributed by atoms with E-state index in [9.17, 15) is 4.79 Å². The SMILES string of the molecule is CC.COC(=O)C1=CCCc2ccc(OC)cc21. The predicted octanol–water partition coefficient (Wildman–Crippen LogP) is 3.22. The Balaban J connectivity index is 0.000000771. The van der Waals surface area contributed by atoms with Gasteiger partial charge in [-0.1, -0.05) is 26.0 Å². The van der Waals surface area contributed by atoms with Crippen LogP contribution < -0.4 is 4.74 Å². The van der Waals surface area contributed by atoms with Crippen molar-refractivity contribution in [1.29, 1.82) is 0 Å². The molecule has 0 saturated heterocycles. The van der Waals surface area contributed by atoms with E-state index in [2.05, 4.69) is 0 Å². The molecule has 0 aliphatic heterocycles. The number of aryl methyl sites for hydroxylation is 1. The van der Waals surface area contributed by atoms with Gasteiger partial charge in [-0.3, -0.25) is 0 Å². The summed E-state index contributed by atoms with van der Waals surface area (Å²) in [6.07, 6.45) is 3.76. The van der Waals surface area contributed by atoms with Crippen molar-refractivity contribution in [2.45, 2.75) is 26.7 Å². The number of ether oxygens (including phenoxy) is 2. The van der Waals surface area contributed by atoms with Crippen molar-refractivity contribution in [3.8, 4) is 5.75 Å². The van der Waals surface area contributed by atoms with Crippen LogP contribution >= 0.6 is 0 Å². The summed E-state index contributed by atoms with van der Waals surface area (Å²) in [5.41, 5.74) is 2.74. The third-order valence-corrected chi connectivity index (χ3v) is 2.77. The maximum Gasteiger partial charge on any atom is 0.338 e. The fourth-order valence-corrected chi connectivity index (χ4v) is 1.94. The van der Waals surface area contributed by atoms with Gasteiger partial charge in [-0.05, 0) is 36.1 Å². The van der Waals surface area contributed by atoms with Crippen molar-refractivity contribution in [2.75, 3.05) is 14.2 Å². The molecule has 1 aromatic carbocycles. The number of rotatable bonds is 2. The number of methoxy groups -OCH3 is 2. The molecule has 0 radical (unpaired) electrons. The second-order valence-corrected chi connectivity index (χ2v) is 3.67. The zero-order chi connectivity index (χ0) is 13.5. The summed E-state index contributed by atoms with van der Waals surface area (Å²) in [6, 6.07) is 5.81. The van der Waals surface area contributed by atoms with E-state index in [0.717, 1.165) is 24.2 Å². The van der Waals surface area contributed by atoms with E-state index in [1.807, 2.05) is 38.1 Å². The average Bonchev–Trinajstić information content (AvgIpc) is 2.47. The molecule has 0 saturated carbocycles. The van der Waals surface area contributed by atoms with Crippen LogP contribution in [0.3, 0.4) is 0 Å². The van der Waals surface area contributed by atoms with Gasteiger partial charge in [-0.25, -0.2) is 4.79 Å². The second kappa shape index (κ2) is 6.84. The summed E-state index contributed by atoms with van der Waals surface area (Å²) in [4.78, 5) is 11.6. The van der Waals surface area contributed by atoms with E-state index in [1.54, 1.807) is 7.11 Å². The summed E-state index contributed by atoms with van der Waals surface area (Å²) in [7, 11) is 3.02. The van der Waals surface area contributed by atoms with Crippen LogP contribution in [0.5, 0.6) is 5.75 Å². The summed E-state index contributed by atoms with van der Waals surface area (Å²) < 4.78 is 9.93. The van der Waals surface area contributed by atoms with E-state index >= 15 is 0 Å². The fourth-order valence-electron chi connectivity index (χ4n) is 1.94. The van der Waals surface area contributed by atoms with Crippen LogP contribution in [0.15, 0.2) is 24.3 Å². The molecule has 0 N–H and O–H groups in total. The Kier molecular flexibility index (Phi) is 5.43. The second-order valence-electron chi connectivity index (χ2n) is 3.67. The van der Waals surface area contributed by atoms with Crippen LogP contribution in [0.25, 0.3) is 5.57 Å². The van der Waals surface area contributed by atoms with Gasteiger partial charge in [-0.15, -0.1) is 0 Å². The molecule has 3 heteroatoms. The number of hydrogen-bond donors (Lipinski definition) is 0. The quantitative estimate of drug-likeness (QED) is 0.754. The Labute approximate surface area is 108 Å². The Morgan fingerprint density at radius 1 is 1.22 bits per heavy atom. The third kappa shape index (κ3) is 2.92. The summed E-state index contributed by atoms with van der Waals surface area (Å²) in [5, 5.41) is 0. The van der Waals surface area contributed by atoms with Gasteiger partial charge >= 0.3 is 5.97 Å². The molecule has 0 atom stereocenters. The number of esters is 1. The fraction of sp³-hybridized carbons (Fsp3) is 0.400. The van der Waals surface area contributed by atoms with Crippen molar-refractivity contribution < 1.29 is 14.3 Å². The first-order valence-electron chi connectivity index (χ1n) is 6.22. The number of benzene rings is 1. The van der Waals surface area contributed by atoms with Gasteiger partial charge in [0.05, 0.1) is 19.8 Å². The lowest BCUT2D eigenvalue weighted by Gasteiger charge is -2.16. The first-order chi connectivity index (χ1) is 8.76. The van der Waals surface area contributed by atoms with Crippen LogP contribution in [0.2, 0.25) is 0 Å². The lowest BCUT2D eigenvalue weighted by molar-refractivity contribution is -0.133. The number of carbonyl (C=O) groups is 1. The molecule has 0 unspecified atom stereocenters. The molecule has 1 aromatic rings. The minimum absolute atomic E-state index is 0.283. The van der Waals surface area contributed by atoms with Crippen molar-refractivity contribution in [1.82, 2.24) is 0 Å². The van der Waals surface area contributed by atoms with Gasteiger partial charge in [-0.2, -0.15) is 0 Å². The van der Waals surface area contributed by atoms with E-state index < -0.39 is 0 Å². The molecule has 0 bridgehead atoms. The first-order valence-corrected chi connectivity index (χ1v) is 6.22. The van der Waals surface area contributed by atoms with Gasteiger partial charge in [0.1, 0.15) is 5.75 Å². The van der Waals surface area contributed by atoms with Gasteiger partial charge in [0.15, 0.2) is 0 Å². The molecule has 1 aliphatic rings. The Morgan fingerprint density at radius 2 is 1.94 bits per heavy atom. The van der Waals surface area contributed by atoms with Gasteiger partial charge < -0.3 is 9.47 Å². The highest BCUT2D eigenvalue weighted by Gasteiger charge is 2.19. The number of carbonyl (C=O) groups excluding carboxylic acids is 1. The molecule has 0 heterocycles. The lowest BCUT2D eigenvalue weighted by atomic mass is 9.90. The number of hydrogen-bond acceptors (Lipinski definition) is 3. The van der Waals surface area contributed by atoms with Crippen molar-refractivity contribution >= 4 is 11.5 Å². The molecule has 0 spiro atoms. The zero-order valence-corrected chi connectivity index (χ0v) is 11.4. The molecule has 1 aliphatic carbocycles. The largest absolute Gasteiger partial charge is 0.497 e. The van der Waals surface area contributed by atoms with Crippen LogP contribution in [-0.4, -0.2) is 20.2 Å². The minimum atomic E-state index is -0.283. The van der Waals surface area contributed by atoms with Crippen molar-refractivity contribution in [3.63, 3.8) is 0 Å². The minimum Gasteiger partial charge on any atom is -0.497 e. The number of allylic oxidation sites excluding steroid dienone is 1. The standard InChI is InChI=1S/C13H14O3.C2H6/c1-15-10-7-6-9-4-3-5-11(12(9)8-10)13(14)16-2;1-2/h5-8H,3-4H2,1-2H3;1-2H3. The maximum absolute atomic E-state index is 11.6. The lowest BCUT2D eigenvalue weighted by Crippen LogP contribution is -2.09. The Morgan fingerprint density at radius 3 is 2.56 bits per heavy atom. The summed E-state index contributed by atoms with van der Waals surface area (Å²) >= 11 is 0. The molecule has 0 amide bonds. The normalized spacial score (nSPS) is 12.6. The third-order valence-electron chi connectivity index (χ3n) is 2.77. The molecule has 0 fully saturated rings. The predicted molar refractivity (Wildman–Crippen MR) is 72.7 cm³/mol. The Hall–Kier alpha value is -1.77. The van der Waals surface area contributed by atoms with Crippen LogP contribution in [0.4, 0.5) is 0 Å². The van der Waals surface area contributed by atoms with E-state index in [4.69, 9.17) is 9.47 Å². The van der Waals surface area contributed by atoms with Crippen LogP contribution in [-0.2, 0) is 16.0 Å². The summed E-state index contributed by atoms with van der Waals surface area (Å²) in [6.45, 7) is 4.00. The molecular weight excluding hydrogens is 228 g/mol. The average molecular weight is 248 g/mol. The highest BCUT2D eigenvalue weighted by molar-refractivity contribution is 6.17. The van der Waals surface area contributed by atoms with E-state index in [-0.39, 0.29) is 5.97 Å². The zero-order valence-electron chi connectivity index (χ0n) is 11.4. The van der Waals surface area contributed by atoms with E-state index in [0.29, 0.717) is 5.57 Å². The monoisotopic (exact) mass is 248 g/mol. The van der Waals surface area contributed by atoms with Gasteiger partial charge in [0.2, 0.25) is 0 Å².